The molecule has 0 saturated heterocycles. The van der Waals surface area contributed by atoms with Crippen LogP contribution in [0.15, 0.2) is 59.4 Å². The molecule has 5 heteroatoms. The number of aromatic nitrogens is 2. The number of rotatable bonds is 6. The summed E-state index contributed by atoms with van der Waals surface area (Å²) < 4.78 is 5.71. The molecule has 1 heterocycles. The van der Waals surface area contributed by atoms with E-state index in [2.05, 4.69) is 16.9 Å². The first-order chi connectivity index (χ1) is 13.0. The molecule has 0 bridgehead atoms. The number of hydrogen-bond donors (Lipinski definition) is 1. The van der Waals surface area contributed by atoms with Crippen LogP contribution in [0.25, 0.3) is 10.9 Å². The lowest BCUT2D eigenvalue weighted by atomic mass is 9.85. The van der Waals surface area contributed by atoms with Gasteiger partial charge in [0.1, 0.15) is 0 Å². The highest BCUT2D eigenvalue weighted by Gasteiger charge is 2.29. The molecule has 1 aromatic heterocycles. The molecule has 27 heavy (non-hydrogen) atoms. The number of nitrogens with one attached hydrogen (secondary N) is 1. The Hall–Kier alpha value is -2.95. The van der Waals surface area contributed by atoms with Gasteiger partial charge in [-0.1, -0.05) is 62.7 Å². The summed E-state index contributed by atoms with van der Waals surface area (Å²) in [6.45, 7) is 5.82. The molecule has 0 saturated carbocycles. The van der Waals surface area contributed by atoms with Crippen LogP contribution < -0.4 is 5.56 Å². The fourth-order valence-electron chi connectivity index (χ4n) is 3.19. The largest absolute Gasteiger partial charge is 0.454 e. The second-order valence-corrected chi connectivity index (χ2v) is 6.82. The number of H-pyrrole nitrogens is 1. The first-order valence-corrected chi connectivity index (χ1v) is 9.25. The van der Waals surface area contributed by atoms with E-state index in [4.69, 9.17) is 4.74 Å². The third kappa shape index (κ3) is 4.08. The van der Waals surface area contributed by atoms with Gasteiger partial charge in [0.2, 0.25) is 0 Å². The van der Waals surface area contributed by atoms with Crippen LogP contribution in [0.2, 0.25) is 0 Å². The van der Waals surface area contributed by atoms with Gasteiger partial charge in [0.15, 0.2) is 11.9 Å². The number of carbonyl (C=O) groups is 1. The second-order valence-electron chi connectivity index (χ2n) is 6.82. The van der Waals surface area contributed by atoms with Gasteiger partial charge in [-0.15, -0.1) is 0 Å². The summed E-state index contributed by atoms with van der Waals surface area (Å²) in [5.74, 6) is -0.177. The molecule has 0 amide bonds. The molecular formula is C22H24N2O3. The summed E-state index contributed by atoms with van der Waals surface area (Å²) in [5.41, 5.74) is 1.28. The van der Waals surface area contributed by atoms with E-state index in [1.807, 2.05) is 43.3 Å². The number of ether oxygens (including phenoxy) is 1. The van der Waals surface area contributed by atoms with E-state index in [0.29, 0.717) is 16.7 Å². The fourth-order valence-corrected chi connectivity index (χ4v) is 3.19. The summed E-state index contributed by atoms with van der Waals surface area (Å²) >= 11 is 0. The van der Waals surface area contributed by atoms with Gasteiger partial charge in [-0.25, -0.2) is 4.98 Å². The standard InChI is InChI=1S/C22H24N2O3/c1-4-14(2)19(16-10-6-5-7-11-16)22(26)27-15(3)20-23-18-13-9-8-12-17(18)21(25)24-20/h5-15,19H,4H2,1-3H3,(H,23,24,25)/t14-,15+,19-/m1/s1. The molecule has 0 aliphatic carbocycles. The van der Waals surface area contributed by atoms with Crippen molar-refractivity contribution in [3.63, 3.8) is 0 Å². The highest BCUT2D eigenvalue weighted by Crippen LogP contribution is 2.30. The number of para-hydroxylation sites is 1. The van der Waals surface area contributed by atoms with Crippen molar-refractivity contribution in [3.8, 4) is 0 Å². The molecule has 2 aromatic carbocycles. The van der Waals surface area contributed by atoms with Gasteiger partial charge in [0, 0.05) is 0 Å². The Bertz CT molecular complexity index is 982. The first-order valence-electron chi connectivity index (χ1n) is 9.25. The van der Waals surface area contributed by atoms with E-state index in [1.165, 1.54) is 0 Å². The lowest BCUT2D eigenvalue weighted by Gasteiger charge is -2.24. The first kappa shape index (κ1) is 18.8. The van der Waals surface area contributed by atoms with Crippen LogP contribution in [0.5, 0.6) is 0 Å². The van der Waals surface area contributed by atoms with Crippen LogP contribution in [0.3, 0.4) is 0 Å². The van der Waals surface area contributed by atoms with E-state index < -0.39 is 6.10 Å². The number of hydrogen-bond acceptors (Lipinski definition) is 4. The van der Waals surface area contributed by atoms with Gasteiger partial charge in [-0.3, -0.25) is 9.59 Å². The zero-order valence-corrected chi connectivity index (χ0v) is 15.8. The smallest absolute Gasteiger partial charge is 0.314 e. The molecule has 0 unspecified atom stereocenters. The highest BCUT2D eigenvalue weighted by atomic mass is 16.5. The van der Waals surface area contributed by atoms with E-state index in [9.17, 15) is 9.59 Å². The third-order valence-corrected chi connectivity index (χ3v) is 4.93. The molecule has 140 valence electrons. The maximum Gasteiger partial charge on any atom is 0.314 e. The molecule has 3 aromatic rings. The van der Waals surface area contributed by atoms with Crippen molar-refractivity contribution in [2.24, 2.45) is 5.92 Å². The predicted octanol–water partition coefficient (Wildman–Crippen LogP) is 4.36. The van der Waals surface area contributed by atoms with E-state index in [-0.39, 0.29) is 23.4 Å². The second kappa shape index (κ2) is 8.16. The van der Waals surface area contributed by atoms with E-state index in [1.54, 1.807) is 25.1 Å². The molecule has 0 radical (unpaired) electrons. The summed E-state index contributed by atoms with van der Waals surface area (Å²) in [4.78, 5) is 32.4. The van der Waals surface area contributed by atoms with Crippen LogP contribution in [0.1, 0.15) is 50.6 Å². The number of benzene rings is 2. The lowest BCUT2D eigenvalue weighted by molar-refractivity contribution is -0.152. The maximum absolute atomic E-state index is 12.9. The van der Waals surface area contributed by atoms with Crippen molar-refractivity contribution in [3.05, 3.63) is 76.3 Å². The molecule has 1 N–H and O–H groups in total. The number of aromatic amines is 1. The Balaban J connectivity index is 1.86. The summed E-state index contributed by atoms with van der Waals surface area (Å²) in [6, 6.07) is 16.8. The monoisotopic (exact) mass is 364 g/mol. The van der Waals surface area contributed by atoms with Crippen molar-refractivity contribution in [1.29, 1.82) is 0 Å². The minimum atomic E-state index is -0.648. The molecule has 0 fully saturated rings. The van der Waals surface area contributed by atoms with Gasteiger partial charge in [0.25, 0.3) is 5.56 Å². The number of fused-ring (bicyclic) bond motifs is 1. The Labute approximate surface area is 158 Å². The maximum atomic E-state index is 12.9. The molecular weight excluding hydrogens is 340 g/mol. The normalized spacial score (nSPS) is 14.5. The highest BCUT2D eigenvalue weighted by molar-refractivity contribution is 5.79. The third-order valence-electron chi connectivity index (χ3n) is 4.93. The van der Waals surface area contributed by atoms with Crippen LogP contribution in [-0.2, 0) is 9.53 Å². The fraction of sp³-hybridized carbons (Fsp3) is 0.318. The zero-order valence-electron chi connectivity index (χ0n) is 15.8. The van der Waals surface area contributed by atoms with Gasteiger partial charge in [-0.2, -0.15) is 0 Å². The Kier molecular flexibility index (Phi) is 5.69. The average molecular weight is 364 g/mol. The summed E-state index contributed by atoms with van der Waals surface area (Å²) in [5, 5.41) is 0.515. The van der Waals surface area contributed by atoms with Crippen LogP contribution in [-0.4, -0.2) is 15.9 Å². The summed E-state index contributed by atoms with van der Waals surface area (Å²) in [7, 11) is 0. The Morgan fingerprint density at radius 3 is 2.44 bits per heavy atom. The van der Waals surface area contributed by atoms with Crippen molar-refractivity contribution >= 4 is 16.9 Å². The topological polar surface area (TPSA) is 72.0 Å². The molecule has 0 spiro atoms. The van der Waals surface area contributed by atoms with Gasteiger partial charge >= 0.3 is 5.97 Å². The molecule has 0 aliphatic rings. The minimum Gasteiger partial charge on any atom is -0.454 e. The van der Waals surface area contributed by atoms with E-state index in [0.717, 1.165) is 12.0 Å². The van der Waals surface area contributed by atoms with Crippen molar-refractivity contribution < 1.29 is 9.53 Å². The predicted molar refractivity (Wildman–Crippen MR) is 106 cm³/mol. The van der Waals surface area contributed by atoms with Gasteiger partial charge in [-0.05, 0) is 30.5 Å². The number of esters is 1. The van der Waals surface area contributed by atoms with Crippen molar-refractivity contribution in [1.82, 2.24) is 9.97 Å². The quantitative estimate of drug-likeness (QED) is 0.660. The molecule has 5 nitrogen and oxygen atoms in total. The van der Waals surface area contributed by atoms with Gasteiger partial charge < -0.3 is 9.72 Å². The van der Waals surface area contributed by atoms with Crippen molar-refractivity contribution in [2.45, 2.75) is 39.2 Å². The Morgan fingerprint density at radius 1 is 1.07 bits per heavy atom. The number of carbonyl (C=O) groups excluding carboxylic acids is 1. The SMILES string of the molecule is CC[C@@H](C)[C@@H](C(=O)O[C@@H](C)c1nc2ccccc2c(=O)[nH]1)c1ccccc1. The molecule has 3 atom stereocenters. The average Bonchev–Trinajstić information content (AvgIpc) is 2.68. The lowest BCUT2D eigenvalue weighted by Crippen LogP contribution is -2.24. The molecule has 0 aliphatic heterocycles. The van der Waals surface area contributed by atoms with Gasteiger partial charge in [0.05, 0.1) is 16.8 Å². The minimum absolute atomic E-state index is 0.135. The zero-order chi connectivity index (χ0) is 19.4. The van der Waals surface area contributed by atoms with E-state index >= 15 is 0 Å². The summed E-state index contributed by atoms with van der Waals surface area (Å²) in [6.07, 6.45) is 0.207. The van der Waals surface area contributed by atoms with Crippen LogP contribution in [0.4, 0.5) is 0 Å². The van der Waals surface area contributed by atoms with Crippen LogP contribution in [0, 0.1) is 5.92 Å². The Morgan fingerprint density at radius 2 is 1.74 bits per heavy atom. The van der Waals surface area contributed by atoms with Crippen molar-refractivity contribution in [2.75, 3.05) is 0 Å². The molecule has 3 rings (SSSR count). The number of nitrogens with zero attached hydrogens (tertiary/aromatic N) is 1. The van der Waals surface area contributed by atoms with Crippen LogP contribution >= 0.6 is 0 Å².